The summed E-state index contributed by atoms with van der Waals surface area (Å²) >= 11 is 12.0. The Balaban J connectivity index is 1.75. The highest BCUT2D eigenvalue weighted by Gasteiger charge is 2.20. The molecule has 0 bridgehead atoms. The first-order valence-electron chi connectivity index (χ1n) is 7.32. The highest BCUT2D eigenvalue weighted by Crippen LogP contribution is 2.24. The van der Waals surface area contributed by atoms with Gasteiger partial charge in [-0.2, -0.15) is 0 Å². The van der Waals surface area contributed by atoms with Gasteiger partial charge in [0, 0.05) is 16.5 Å². The van der Waals surface area contributed by atoms with E-state index in [0.29, 0.717) is 39.8 Å². The van der Waals surface area contributed by atoms with Crippen LogP contribution >= 0.6 is 23.2 Å². The van der Waals surface area contributed by atoms with Gasteiger partial charge in [-0.1, -0.05) is 47.5 Å². The number of aryl methyl sites for hydroxylation is 1. The average molecular weight is 363 g/mol. The molecule has 0 saturated carbocycles. The van der Waals surface area contributed by atoms with Crippen molar-refractivity contribution >= 4 is 41.0 Å². The smallest absolute Gasteiger partial charge is 0.275 e. The molecule has 0 spiro atoms. The number of carbonyl (C=O) groups excluding carboxylic acids is 1. The van der Waals surface area contributed by atoms with E-state index in [-0.39, 0.29) is 17.4 Å². The van der Waals surface area contributed by atoms with Crippen molar-refractivity contribution in [1.29, 1.82) is 0 Å². The first-order valence-corrected chi connectivity index (χ1v) is 8.07. The Morgan fingerprint density at radius 2 is 1.92 bits per heavy atom. The number of aliphatic imine (C=N–C) groups is 1. The van der Waals surface area contributed by atoms with E-state index in [2.05, 4.69) is 10.3 Å². The molecule has 0 saturated heterocycles. The molecule has 6 heteroatoms. The van der Waals surface area contributed by atoms with Crippen LogP contribution in [0, 0.1) is 5.82 Å². The summed E-state index contributed by atoms with van der Waals surface area (Å²) in [5.41, 5.74) is 1.51. The lowest BCUT2D eigenvalue weighted by Crippen LogP contribution is -2.24. The van der Waals surface area contributed by atoms with Gasteiger partial charge in [0.15, 0.2) is 0 Å². The number of carbonyl (C=O) groups is 1. The number of halogens is 3. The number of nitrogens with one attached hydrogen (secondary N) is 1. The summed E-state index contributed by atoms with van der Waals surface area (Å²) in [5.74, 6) is -0.0460. The minimum atomic E-state index is -0.301. The molecule has 0 fully saturated rings. The summed E-state index contributed by atoms with van der Waals surface area (Å²) in [6, 6.07) is 11.6. The molecule has 1 heterocycles. The molecule has 1 aliphatic heterocycles. The minimum Gasteiger partial charge on any atom is -0.309 e. The summed E-state index contributed by atoms with van der Waals surface area (Å²) in [6.45, 7) is 0. The van der Waals surface area contributed by atoms with Gasteiger partial charge in [-0.15, -0.1) is 0 Å². The fraction of sp³-hybridized carbons (Fsp3) is 0.111. The lowest BCUT2D eigenvalue weighted by atomic mass is 10.1. The third-order valence-electron chi connectivity index (χ3n) is 3.59. The quantitative estimate of drug-likeness (QED) is 0.791. The zero-order valence-electron chi connectivity index (χ0n) is 12.5. The van der Waals surface area contributed by atoms with Gasteiger partial charge in [0.1, 0.15) is 17.3 Å². The predicted octanol–water partition coefficient (Wildman–Crippen LogP) is 4.63. The molecule has 24 heavy (non-hydrogen) atoms. The molecular formula is C18H13Cl2FN2O. The van der Waals surface area contributed by atoms with Crippen LogP contribution in [0.15, 0.2) is 53.2 Å². The minimum absolute atomic E-state index is 0.258. The van der Waals surface area contributed by atoms with Crippen molar-refractivity contribution < 1.29 is 9.18 Å². The topological polar surface area (TPSA) is 41.5 Å². The summed E-state index contributed by atoms with van der Waals surface area (Å²) in [6.07, 6.45) is 2.50. The monoisotopic (exact) mass is 362 g/mol. The largest absolute Gasteiger partial charge is 0.309 e. The molecule has 0 atom stereocenters. The molecule has 0 aliphatic carbocycles. The van der Waals surface area contributed by atoms with Crippen LogP contribution in [0.1, 0.15) is 17.5 Å². The van der Waals surface area contributed by atoms with Crippen LogP contribution in [0.2, 0.25) is 10.0 Å². The van der Waals surface area contributed by atoms with Crippen LogP contribution in [-0.4, -0.2) is 11.7 Å². The van der Waals surface area contributed by atoms with Gasteiger partial charge >= 0.3 is 0 Å². The second kappa shape index (κ2) is 7.16. The van der Waals surface area contributed by atoms with Gasteiger partial charge in [-0.05, 0) is 41.8 Å². The van der Waals surface area contributed by atoms with Crippen molar-refractivity contribution in [3.8, 4) is 0 Å². The number of amides is 1. The Morgan fingerprint density at radius 3 is 2.67 bits per heavy atom. The number of hydrogen-bond donors (Lipinski definition) is 1. The Labute approximate surface area is 148 Å². The maximum atomic E-state index is 13.6. The Kier molecular flexibility index (Phi) is 4.97. The maximum absolute atomic E-state index is 13.6. The van der Waals surface area contributed by atoms with E-state index < -0.39 is 0 Å². The molecule has 2 aromatic rings. The number of nitrogens with zero attached hydrogens (tertiary/aromatic N) is 1. The molecule has 3 rings (SSSR count). The molecule has 0 radical (unpaired) electrons. The number of benzene rings is 2. The third-order valence-corrected chi connectivity index (χ3v) is 4.15. The second-order valence-electron chi connectivity index (χ2n) is 5.30. The zero-order valence-corrected chi connectivity index (χ0v) is 14.0. The van der Waals surface area contributed by atoms with E-state index in [1.54, 1.807) is 42.5 Å². The standard InChI is InChI=1S/C18H13Cl2FN2O/c19-13-7-5-12(14(20)10-13)9-16-18(24)23-17(22-16)8-6-11-3-1-2-4-15(11)21/h1-5,7,9-10H,6,8H2,(H,22,23,24)/b16-9-. The van der Waals surface area contributed by atoms with Crippen LogP contribution < -0.4 is 5.32 Å². The first kappa shape index (κ1) is 16.7. The molecule has 1 amide bonds. The van der Waals surface area contributed by atoms with Crippen LogP contribution in [0.5, 0.6) is 0 Å². The van der Waals surface area contributed by atoms with Crippen LogP contribution in [-0.2, 0) is 11.2 Å². The number of hydrogen-bond acceptors (Lipinski definition) is 2. The second-order valence-corrected chi connectivity index (χ2v) is 6.14. The lowest BCUT2D eigenvalue weighted by Gasteiger charge is -2.02. The van der Waals surface area contributed by atoms with E-state index in [1.807, 2.05) is 0 Å². The SMILES string of the molecule is O=C1NC(CCc2ccccc2F)=N/C1=C\c1ccc(Cl)cc1Cl. The fourth-order valence-electron chi connectivity index (χ4n) is 2.36. The Hall–Kier alpha value is -2.17. The average Bonchev–Trinajstić information content (AvgIpc) is 2.89. The third kappa shape index (κ3) is 3.83. The molecule has 122 valence electrons. The normalized spacial score (nSPS) is 15.5. The van der Waals surface area contributed by atoms with Crippen molar-refractivity contribution in [3.05, 3.63) is 75.2 Å². The fourth-order valence-corrected chi connectivity index (χ4v) is 2.82. The molecule has 2 aromatic carbocycles. The summed E-state index contributed by atoms with van der Waals surface area (Å²) in [4.78, 5) is 16.3. The van der Waals surface area contributed by atoms with Crippen molar-refractivity contribution in [2.75, 3.05) is 0 Å². The predicted molar refractivity (Wildman–Crippen MR) is 94.7 cm³/mol. The number of amidine groups is 1. The van der Waals surface area contributed by atoms with Gasteiger partial charge in [0.25, 0.3) is 5.91 Å². The first-order chi connectivity index (χ1) is 11.5. The Morgan fingerprint density at radius 1 is 1.12 bits per heavy atom. The van der Waals surface area contributed by atoms with E-state index in [9.17, 15) is 9.18 Å². The van der Waals surface area contributed by atoms with E-state index in [1.165, 1.54) is 6.07 Å². The molecule has 0 aromatic heterocycles. The molecule has 1 aliphatic rings. The molecule has 0 unspecified atom stereocenters. The molecular weight excluding hydrogens is 350 g/mol. The highest BCUT2D eigenvalue weighted by molar-refractivity contribution is 6.35. The van der Waals surface area contributed by atoms with Crippen molar-refractivity contribution in [2.24, 2.45) is 4.99 Å². The molecule has 3 nitrogen and oxygen atoms in total. The van der Waals surface area contributed by atoms with Gasteiger partial charge in [-0.3, -0.25) is 4.79 Å². The molecule has 1 N–H and O–H groups in total. The lowest BCUT2D eigenvalue weighted by molar-refractivity contribution is -0.115. The van der Waals surface area contributed by atoms with Crippen LogP contribution in [0.25, 0.3) is 6.08 Å². The van der Waals surface area contributed by atoms with Crippen molar-refractivity contribution in [2.45, 2.75) is 12.8 Å². The summed E-state index contributed by atoms with van der Waals surface area (Å²) in [5, 5.41) is 3.66. The Bertz CT molecular complexity index is 862. The van der Waals surface area contributed by atoms with E-state index >= 15 is 0 Å². The van der Waals surface area contributed by atoms with Gasteiger partial charge in [-0.25, -0.2) is 9.38 Å². The van der Waals surface area contributed by atoms with Crippen molar-refractivity contribution in [1.82, 2.24) is 5.32 Å². The number of rotatable bonds is 4. The van der Waals surface area contributed by atoms with Crippen molar-refractivity contribution in [3.63, 3.8) is 0 Å². The summed E-state index contributed by atoms with van der Waals surface area (Å²) in [7, 11) is 0. The van der Waals surface area contributed by atoms with E-state index in [4.69, 9.17) is 23.2 Å². The van der Waals surface area contributed by atoms with Crippen LogP contribution in [0.4, 0.5) is 4.39 Å². The van der Waals surface area contributed by atoms with Gasteiger partial charge in [0.05, 0.1) is 0 Å². The summed E-state index contributed by atoms with van der Waals surface area (Å²) < 4.78 is 13.6. The highest BCUT2D eigenvalue weighted by atomic mass is 35.5. The maximum Gasteiger partial charge on any atom is 0.275 e. The van der Waals surface area contributed by atoms with Gasteiger partial charge < -0.3 is 5.32 Å². The van der Waals surface area contributed by atoms with Crippen LogP contribution in [0.3, 0.4) is 0 Å². The zero-order chi connectivity index (χ0) is 17.1. The van der Waals surface area contributed by atoms with Gasteiger partial charge in [0.2, 0.25) is 0 Å². The van der Waals surface area contributed by atoms with E-state index in [0.717, 1.165) is 0 Å².